The van der Waals surface area contributed by atoms with Gasteiger partial charge in [-0.15, -0.1) is 0 Å². The van der Waals surface area contributed by atoms with Crippen LogP contribution in [0.1, 0.15) is 37.3 Å². The average molecular weight is 607 g/mol. The number of aromatic nitrogens is 1. The predicted octanol–water partition coefficient (Wildman–Crippen LogP) is 7.30. The third-order valence-corrected chi connectivity index (χ3v) is 7.90. The van der Waals surface area contributed by atoms with E-state index in [1.54, 1.807) is 0 Å². The normalized spacial score (nSPS) is 19.0. The van der Waals surface area contributed by atoms with Gasteiger partial charge in [-0.2, -0.15) is 0 Å². The minimum atomic E-state index is 0. The van der Waals surface area contributed by atoms with E-state index in [-0.39, 0.29) is 17.1 Å². The largest absolute Gasteiger partial charge is 2.00 e. The smallest absolute Gasteiger partial charge is 0.384 e. The number of halogens is 1. The van der Waals surface area contributed by atoms with Gasteiger partial charge in [0, 0.05) is 53.3 Å². The molecule has 0 spiro atoms. The Morgan fingerprint density at radius 1 is 0.805 bits per heavy atom. The van der Waals surface area contributed by atoms with Gasteiger partial charge >= 0.3 is 17.1 Å². The fourth-order valence-electron chi connectivity index (χ4n) is 5.43. The van der Waals surface area contributed by atoms with Crippen LogP contribution in [0.25, 0.3) is 10.9 Å². The second kappa shape index (κ2) is 17.5. The first-order valence-corrected chi connectivity index (χ1v) is 14.8. The summed E-state index contributed by atoms with van der Waals surface area (Å²) in [5.74, 6) is 2.66. The zero-order valence-corrected chi connectivity index (χ0v) is 25.3. The Morgan fingerprint density at radius 3 is 2.24 bits per heavy atom. The Balaban J connectivity index is 0.000000584. The van der Waals surface area contributed by atoms with E-state index in [1.165, 1.54) is 49.8 Å². The molecule has 6 rings (SSSR count). The van der Waals surface area contributed by atoms with Gasteiger partial charge in [0.2, 0.25) is 0 Å². The summed E-state index contributed by atoms with van der Waals surface area (Å²) < 4.78 is 0. The van der Waals surface area contributed by atoms with Gasteiger partial charge < -0.3 is 15.5 Å². The molecule has 6 heteroatoms. The van der Waals surface area contributed by atoms with Crippen molar-refractivity contribution in [2.24, 2.45) is 0 Å². The number of benzene rings is 2. The molecule has 3 fully saturated rings. The Hall–Kier alpha value is -1.62. The number of piperidine rings is 1. The van der Waals surface area contributed by atoms with Crippen molar-refractivity contribution in [1.29, 1.82) is 0 Å². The molecule has 1 aliphatic heterocycles. The fraction of sp³-hybridized carbons (Fsp3) is 0.286. The van der Waals surface area contributed by atoms with Crippen LogP contribution in [0.3, 0.4) is 0 Å². The topological polar surface area (TPSA) is 40.2 Å². The van der Waals surface area contributed by atoms with Gasteiger partial charge in [-0.05, 0) is 120 Å². The molecule has 41 heavy (non-hydrogen) atoms. The second-order valence-electron chi connectivity index (χ2n) is 10.4. The van der Waals surface area contributed by atoms with Crippen LogP contribution in [-0.2, 0) is 17.1 Å². The fourth-order valence-corrected chi connectivity index (χ4v) is 5.59. The summed E-state index contributed by atoms with van der Waals surface area (Å²) in [4.78, 5) is 7.09. The molecule has 3 aromatic rings. The van der Waals surface area contributed by atoms with Crippen molar-refractivity contribution in [3.05, 3.63) is 135 Å². The van der Waals surface area contributed by atoms with Crippen LogP contribution in [0.4, 0.5) is 5.69 Å². The summed E-state index contributed by atoms with van der Waals surface area (Å²) in [6.45, 7) is 5.28. The first kappa shape index (κ1) is 32.3. The Morgan fingerprint density at radius 2 is 1.51 bits per heavy atom. The Bertz CT molecular complexity index is 1140. The third-order valence-electron chi connectivity index (χ3n) is 7.66. The minimum Gasteiger partial charge on any atom is -0.384 e. The maximum Gasteiger partial charge on any atom is 2.00 e. The van der Waals surface area contributed by atoms with Gasteiger partial charge in [-0.1, -0.05) is 48.4 Å². The van der Waals surface area contributed by atoms with Gasteiger partial charge in [-0.25, -0.2) is 0 Å². The molecular weight excluding hydrogens is 568 g/mol. The summed E-state index contributed by atoms with van der Waals surface area (Å²) in [5, 5.41) is 9.29. The van der Waals surface area contributed by atoms with Crippen molar-refractivity contribution in [3.63, 3.8) is 0 Å². The van der Waals surface area contributed by atoms with E-state index in [9.17, 15) is 0 Å². The predicted molar refractivity (Wildman–Crippen MR) is 168 cm³/mol. The Labute approximate surface area is 263 Å². The molecule has 2 aliphatic carbocycles. The molecular formula is C35H39ClFeN4+2. The molecule has 1 aromatic heterocycles. The number of rotatable bonds is 10. The first-order valence-electron chi connectivity index (χ1n) is 14.5. The van der Waals surface area contributed by atoms with Crippen LogP contribution in [-0.4, -0.2) is 42.6 Å². The number of pyridine rings is 1. The second-order valence-corrected chi connectivity index (χ2v) is 10.9. The number of nitrogens with one attached hydrogen (secondary N) is 2. The van der Waals surface area contributed by atoms with Crippen molar-refractivity contribution < 1.29 is 17.1 Å². The monoisotopic (exact) mass is 606 g/mol. The molecule has 2 heterocycles. The summed E-state index contributed by atoms with van der Waals surface area (Å²) in [7, 11) is 0. The van der Waals surface area contributed by atoms with Gasteiger partial charge in [0.15, 0.2) is 0 Å². The zero-order valence-electron chi connectivity index (χ0n) is 23.5. The number of hydrogen-bond donors (Lipinski definition) is 2. The summed E-state index contributed by atoms with van der Waals surface area (Å²) in [5.41, 5.74) is 3.36. The molecule has 3 aliphatic rings. The van der Waals surface area contributed by atoms with Crippen LogP contribution in [0.15, 0.2) is 60.8 Å². The molecule has 10 radical (unpaired) electrons. The van der Waals surface area contributed by atoms with Crippen LogP contribution in [0, 0.1) is 63.2 Å². The molecule has 0 amide bonds. The van der Waals surface area contributed by atoms with Crippen LogP contribution in [0.2, 0.25) is 5.02 Å². The van der Waals surface area contributed by atoms with E-state index in [1.807, 2.05) is 62.6 Å². The van der Waals surface area contributed by atoms with Gasteiger partial charge in [0.05, 0.1) is 5.52 Å². The molecule has 2 N–H and O–H groups in total. The summed E-state index contributed by atoms with van der Waals surface area (Å²) in [6.07, 6.45) is 23.6. The maximum absolute atomic E-state index is 6.15. The van der Waals surface area contributed by atoms with Crippen molar-refractivity contribution >= 4 is 28.2 Å². The zero-order chi connectivity index (χ0) is 27.4. The minimum absolute atomic E-state index is 0. The van der Waals surface area contributed by atoms with Crippen LogP contribution in [0.5, 0.6) is 0 Å². The average Bonchev–Trinajstić information content (AvgIpc) is 3.73. The van der Waals surface area contributed by atoms with E-state index >= 15 is 0 Å². The van der Waals surface area contributed by atoms with E-state index < -0.39 is 0 Å². The molecule has 1 unspecified atom stereocenters. The third kappa shape index (κ3) is 9.97. The molecule has 4 nitrogen and oxygen atoms in total. The van der Waals surface area contributed by atoms with Crippen LogP contribution < -0.4 is 10.6 Å². The van der Waals surface area contributed by atoms with Crippen molar-refractivity contribution in [3.8, 4) is 0 Å². The number of nitrogens with zero attached hydrogens (tertiary/aromatic N) is 2. The maximum atomic E-state index is 6.15. The molecule has 1 saturated heterocycles. The molecule has 2 aromatic carbocycles. The van der Waals surface area contributed by atoms with E-state index in [0.717, 1.165) is 42.6 Å². The molecule has 1 atom stereocenters. The van der Waals surface area contributed by atoms with Crippen molar-refractivity contribution in [1.82, 2.24) is 15.2 Å². The number of fused-ring (bicyclic) bond motifs is 1. The van der Waals surface area contributed by atoms with Gasteiger partial charge in [0.1, 0.15) is 0 Å². The van der Waals surface area contributed by atoms with Gasteiger partial charge in [0.25, 0.3) is 0 Å². The number of hydrogen-bond acceptors (Lipinski definition) is 4. The van der Waals surface area contributed by atoms with Gasteiger partial charge in [-0.3, -0.25) is 4.98 Å². The molecule has 0 bridgehead atoms. The molecule has 212 valence electrons. The Kier molecular flexibility index (Phi) is 13.8. The molecule has 2 saturated carbocycles. The quantitative estimate of drug-likeness (QED) is 0.238. The van der Waals surface area contributed by atoms with Crippen LogP contribution >= 0.6 is 11.6 Å². The van der Waals surface area contributed by atoms with Crippen molar-refractivity contribution in [2.45, 2.75) is 31.7 Å². The van der Waals surface area contributed by atoms with E-state index in [2.05, 4.69) is 70.1 Å². The summed E-state index contributed by atoms with van der Waals surface area (Å²) >= 11 is 6.15. The van der Waals surface area contributed by atoms with E-state index in [0.29, 0.717) is 11.1 Å². The number of likely N-dealkylation sites (tertiary alicyclic amines) is 1. The standard InChI is InChI=1S/C30H34ClN4.C5H5.Fe/c31-26-12-13-27-29(14-16-32-30(27)20-26)34-22-25-11-7-10-24(25)21-33-28(23-8-3-1-4-9-23)15-19-35-17-5-2-6-18-35;1-2-4-5-3-1;/h1,3-4,7-14,16,20,28,33H,2,5-6,15,17-19,21-22H2,(H,32,34);1-5H;/q;;+2. The summed E-state index contributed by atoms with van der Waals surface area (Å²) in [6, 6.07) is 19.1. The first-order chi connectivity index (χ1) is 19.8. The number of anilines is 1. The SMILES string of the molecule is Clc1ccc2c(NC[C]3[CH][CH][CH][C]3CNC(CCN3CCCCC3)c3ccccc3)ccnc2c1.[CH]1[CH][CH][CH][CH]1.[Fe+2]. The van der Waals surface area contributed by atoms with Crippen molar-refractivity contribution in [2.75, 3.05) is 38.0 Å². The van der Waals surface area contributed by atoms with E-state index in [4.69, 9.17) is 11.6 Å².